The van der Waals surface area contributed by atoms with Crippen LogP contribution in [-0.4, -0.2) is 39.5 Å². The van der Waals surface area contributed by atoms with E-state index >= 15 is 0 Å². The van der Waals surface area contributed by atoms with Gasteiger partial charge in [0, 0.05) is 19.6 Å². The summed E-state index contributed by atoms with van der Waals surface area (Å²) in [4.78, 5) is 2.42. The number of benzene rings is 1. The second-order valence-electron chi connectivity index (χ2n) is 6.84. The Kier molecular flexibility index (Phi) is 6.56. The molecule has 0 aromatic heterocycles. The molecule has 0 radical (unpaired) electrons. The lowest BCUT2D eigenvalue weighted by molar-refractivity contribution is 0.140. The van der Waals surface area contributed by atoms with Gasteiger partial charge in [-0.3, -0.25) is 0 Å². The maximum Gasteiger partial charge on any atom is 0.215 e. The second-order valence-corrected chi connectivity index (χ2v) is 8.65. The fourth-order valence-electron chi connectivity index (χ4n) is 3.36. The third-order valence-electron chi connectivity index (χ3n) is 4.19. The van der Waals surface area contributed by atoms with Crippen molar-refractivity contribution < 1.29 is 12.8 Å². The molecule has 1 fully saturated rings. The summed E-state index contributed by atoms with van der Waals surface area (Å²) in [5.74, 6) is 0.970. The Hall–Kier alpha value is -0.980. The molecule has 0 bridgehead atoms. The fourth-order valence-corrected chi connectivity index (χ4v) is 4.54. The zero-order valence-corrected chi connectivity index (χ0v) is 14.8. The van der Waals surface area contributed by atoms with E-state index in [9.17, 15) is 12.8 Å². The van der Waals surface area contributed by atoms with Crippen molar-refractivity contribution in [1.82, 2.24) is 9.62 Å². The van der Waals surface area contributed by atoms with Gasteiger partial charge in [-0.25, -0.2) is 17.5 Å². The van der Waals surface area contributed by atoms with Crippen LogP contribution in [0.2, 0.25) is 0 Å². The smallest absolute Gasteiger partial charge is 0.215 e. The third-order valence-corrected chi connectivity index (χ3v) is 5.54. The van der Waals surface area contributed by atoms with Gasteiger partial charge in [0.25, 0.3) is 0 Å². The molecule has 0 unspecified atom stereocenters. The van der Waals surface area contributed by atoms with Crippen molar-refractivity contribution in [2.45, 2.75) is 32.4 Å². The van der Waals surface area contributed by atoms with Crippen molar-refractivity contribution in [3.8, 4) is 0 Å². The molecule has 2 rings (SSSR count). The normalized spacial score (nSPS) is 23.1. The molecule has 1 aliphatic heterocycles. The molecular formula is C17H27FN2O2S. The van der Waals surface area contributed by atoms with Crippen LogP contribution < -0.4 is 4.72 Å². The van der Waals surface area contributed by atoms with Crippen LogP contribution in [0.25, 0.3) is 0 Å². The minimum atomic E-state index is -3.36. The van der Waals surface area contributed by atoms with Crippen molar-refractivity contribution in [2.24, 2.45) is 11.8 Å². The van der Waals surface area contributed by atoms with Crippen LogP contribution in [0.15, 0.2) is 24.3 Å². The Morgan fingerprint density at radius 1 is 1.17 bits per heavy atom. The molecule has 1 aliphatic rings. The number of halogens is 1. The van der Waals surface area contributed by atoms with E-state index in [1.807, 2.05) is 0 Å². The van der Waals surface area contributed by atoms with Gasteiger partial charge in [-0.2, -0.15) is 0 Å². The van der Waals surface area contributed by atoms with Gasteiger partial charge in [0.05, 0.1) is 5.75 Å². The highest BCUT2D eigenvalue weighted by Crippen LogP contribution is 2.20. The predicted octanol–water partition coefficient (Wildman–Crippen LogP) is 2.61. The lowest BCUT2D eigenvalue weighted by atomic mass is 9.92. The first-order valence-electron chi connectivity index (χ1n) is 8.28. The summed E-state index contributed by atoms with van der Waals surface area (Å²) in [6.07, 6.45) is 2.09. The number of nitrogens with zero attached hydrogens (tertiary/aromatic N) is 1. The lowest BCUT2D eigenvalue weighted by Gasteiger charge is -2.34. The van der Waals surface area contributed by atoms with Crippen molar-refractivity contribution in [3.05, 3.63) is 35.6 Å². The molecule has 1 N–H and O–H groups in total. The van der Waals surface area contributed by atoms with Crippen molar-refractivity contribution in [1.29, 1.82) is 0 Å². The highest BCUT2D eigenvalue weighted by Gasteiger charge is 2.21. The fraction of sp³-hybridized carbons (Fsp3) is 0.647. The zero-order chi connectivity index (χ0) is 16.9. The van der Waals surface area contributed by atoms with Crippen molar-refractivity contribution in [3.63, 3.8) is 0 Å². The topological polar surface area (TPSA) is 49.4 Å². The molecule has 130 valence electrons. The van der Waals surface area contributed by atoms with Gasteiger partial charge in [0.1, 0.15) is 5.82 Å². The van der Waals surface area contributed by atoms with Gasteiger partial charge in [0.2, 0.25) is 10.0 Å². The molecule has 6 heteroatoms. The highest BCUT2D eigenvalue weighted by atomic mass is 32.2. The summed E-state index contributed by atoms with van der Waals surface area (Å²) >= 11 is 0. The summed E-state index contributed by atoms with van der Waals surface area (Å²) in [5.41, 5.74) is 0.595. The van der Waals surface area contributed by atoms with Crippen LogP contribution in [-0.2, 0) is 15.8 Å². The second kappa shape index (κ2) is 8.22. The van der Waals surface area contributed by atoms with Crippen LogP contribution in [0, 0.1) is 17.7 Å². The number of piperidine rings is 1. The van der Waals surface area contributed by atoms with Crippen LogP contribution in [0.3, 0.4) is 0 Å². The summed E-state index contributed by atoms with van der Waals surface area (Å²) in [5, 5.41) is 0. The van der Waals surface area contributed by atoms with Gasteiger partial charge in [0.15, 0.2) is 0 Å². The van der Waals surface area contributed by atoms with E-state index in [4.69, 9.17) is 0 Å². The molecule has 2 atom stereocenters. The molecule has 4 nitrogen and oxygen atoms in total. The molecule has 0 saturated carbocycles. The zero-order valence-electron chi connectivity index (χ0n) is 14.0. The number of sulfonamides is 1. The Bertz CT molecular complexity index is 579. The number of rotatable bonds is 7. The minimum absolute atomic E-state index is 0.106. The van der Waals surface area contributed by atoms with Crippen LogP contribution in [0.4, 0.5) is 4.39 Å². The average molecular weight is 342 g/mol. The number of hydrogen-bond acceptors (Lipinski definition) is 3. The van der Waals surface area contributed by atoms with Crippen LogP contribution in [0.5, 0.6) is 0 Å². The van der Waals surface area contributed by atoms with Gasteiger partial charge in [-0.05, 0) is 48.9 Å². The Balaban J connectivity index is 1.71. The Labute approximate surface area is 139 Å². The molecule has 1 aromatic rings. The van der Waals surface area contributed by atoms with E-state index in [1.54, 1.807) is 0 Å². The Morgan fingerprint density at radius 2 is 1.78 bits per heavy atom. The van der Waals surface area contributed by atoms with E-state index < -0.39 is 10.0 Å². The molecule has 0 amide bonds. The quantitative estimate of drug-likeness (QED) is 0.775. The van der Waals surface area contributed by atoms with E-state index in [0.29, 0.717) is 23.9 Å². The van der Waals surface area contributed by atoms with E-state index in [0.717, 1.165) is 26.1 Å². The van der Waals surface area contributed by atoms with Gasteiger partial charge in [-0.15, -0.1) is 0 Å². The SMILES string of the molecule is C[C@H]1C[C@H](C)CN(CCCNS(=O)(=O)Cc2ccc(F)cc2)C1. The lowest BCUT2D eigenvalue weighted by Crippen LogP contribution is -2.40. The molecule has 1 saturated heterocycles. The van der Waals surface area contributed by atoms with Crippen LogP contribution >= 0.6 is 0 Å². The van der Waals surface area contributed by atoms with Gasteiger partial charge < -0.3 is 4.90 Å². The minimum Gasteiger partial charge on any atom is -0.303 e. The van der Waals surface area contributed by atoms with E-state index in [1.165, 1.54) is 30.7 Å². The third kappa shape index (κ3) is 6.57. The van der Waals surface area contributed by atoms with E-state index in [2.05, 4.69) is 23.5 Å². The molecular weight excluding hydrogens is 315 g/mol. The molecule has 0 aliphatic carbocycles. The molecule has 1 heterocycles. The standard InChI is InChI=1S/C17H27FN2O2S/c1-14-10-15(2)12-20(11-14)9-3-8-19-23(21,22)13-16-4-6-17(18)7-5-16/h4-7,14-15,19H,3,8-13H2,1-2H3/t14-,15-/m0/s1. The first-order valence-corrected chi connectivity index (χ1v) is 9.93. The monoisotopic (exact) mass is 342 g/mol. The first kappa shape index (κ1) is 18.4. The van der Waals surface area contributed by atoms with Crippen LogP contribution in [0.1, 0.15) is 32.3 Å². The maximum atomic E-state index is 12.8. The summed E-state index contributed by atoms with van der Waals surface area (Å²) in [6, 6.07) is 5.57. The summed E-state index contributed by atoms with van der Waals surface area (Å²) < 4.78 is 39.5. The molecule has 0 spiro atoms. The Morgan fingerprint density at radius 3 is 2.39 bits per heavy atom. The molecule has 23 heavy (non-hydrogen) atoms. The molecule has 1 aromatic carbocycles. The van der Waals surface area contributed by atoms with Crippen molar-refractivity contribution >= 4 is 10.0 Å². The van der Waals surface area contributed by atoms with E-state index in [-0.39, 0.29) is 11.6 Å². The summed E-state index contributed by atoms with van der Waals surface area (Å²) in [7, 11) is -3.36. The van der Waals surface area contributed by atoms with Gasteiger partial charge >= 0.3 is 0 Å². The van der Waals surface area contributed by atoms with Crippen molar-refractivity contribution in [2.75, 3.05) is 26.2 Å². The first-order chi connectivity index (χ1) is 10.8. The maximum absolute atomic E-state index is 12.8. The number of nitrogens with one attached hydrogen (secondary N) is 1. The number of hydrogen-bond donors (Lipinski definition) is 1. The highest BCUT2D eigenvalue weighted by molar-refractivity contribution is 7.88. The summed E-state index contributed by atoms with van der Waals surface area (Å²) in [6.45, 7) is 8.12. The number of likely N-dealkylation sites (tertiary alicyclic amines) is 1. The average Bonchev–Trinajstić information content (AvgIpc) is 2.45. The largest absolute Gasteiger partial charge is 0.303 e. The predicted molar refractivity (Wildman–Crippen MR) is 91.0 cm³/mol. The van der Waals surface area contributed by atoms with Gasteiger partial charge in [-0.1, -0.05) is 26.0 Å².